The first-order valence-corrected chi connectivity index (χ1v) is 4.66. The van der Waals surface area contributed by atoms with Crippen LogP contribution in [0.3, 0.4) is 0 Å². The molecule has 0 bridgehead atoms. The molecular formula is C10H17NO. The fraction of sp³-hybridized carbons (Fsp3) is 0.700. The minimum atomic E-state index is 0.440. The predicted molar refractivity (Wildman–Crippen MR) is 50.0 cm³/mol. The van der Waals surface area contributed by atoms with Gasteiger partial charge in [-0.3, -0.25) is 4.79 Å². The van der Waals surface area contributed by atoms with Crippen molar-refractivity contribution in [3.05, 3.63) is 12.7 Å². The van der Waals surface area contributed by atoms with Crippen LogP contribution in [0.2, 0.25) is 0 Å². The van der Waals surface area contributed by atoms with E-state index in [9.17, 15) is 4.79 Å². The lowest BCUT2D eigenvalue weighted by atomic mass is 9.88. The van der Waals surface area contributed by atoms with Crippen LogP contribution in [0.5, 0.6) is 0 Å². The van der Waals surface area contributed by atoms with Crippen molar-refractivity contribution >= 4 is 5.78 Å². The Morgan fingerprint density at radius 2 is 2.17 bits per heavy atom. The van der Waals surface area contributed by atoms with Crippen molar-refractivity contribution < 1.29 is 4.79 Å². The topological polar surface area (TPSA) is 29.1 Å². The second-order valence-electron chi connectivity index (χ2n) is 3.43. The van der Waals surface area contributed by atoms with Crippen molar-refractivity contribution in [1.29, 1.82) is 0 Å². The first-order valence-electron chi connectivity index (χ1n) is 4.66. The minimum Gasteiger partial charge on any atom is -0.313 e. The number of hydrogen-bond donors (Lipinski definition) is 1. The Morgan fingerprint density at radius 1 is 1.50 bits per heavy atom. The highest BCUT2D eigenvalue weighted by molar-refractivity contribution is 5.79. The molecule has 0 unspecified atom stereocenters. The molecule has 0 aliphatic heterocycles. The van der Waals surface area contributed by atoms with E-state index >= 15 is 0 Å². The van der Waals surface area contributed by atoms with Crippen LogP contribution < -0.4 is 5.32 Å². The summed E-state index contributed by atoms with van der Waals surface area (Å²) >= 11 is 0. The van der Waals surface area contributed by atoms with Gasteiger partial charge in [0.25, 0.3) is 0 Å². The molecule has 12 heavy (non-hydrogen) atoms. The van der Waals surface area contributed by atoms with Crippen molar-refractivity contribution in [2.24, 2.45) is 5.92 Å². The molecule has 1 N–H and O–H groups in total. The summed E-state index contributed by atoms with van der Waals surface area (Å²) in [5, 5.41) is 3.29. The lowest BCUT2D eigenvalue weighted by Gasteiger charge is -2.20. The molecule has 2 heteroatoms. The Labute approximate surface area is 74.0 Å². The normalized spacial score (nSPS) is 19.5. The molecule has 1 fully saturated rings. The molecule has 0 aromatic heterocycles. The smallest absolute Gasteiger partial charge is 0.132 e. The maximum absolute atomic E-state index is 10.9. The maximum atomic E-state index is 10.9. The van der Waals surface area contributed by atoms with Gasteiger partial charge in [0.05, 0.1) is 0 Å². The third-order valence-corrected chi connectivity index (χ3v) is 2.38. The Kier molecular flexibility index (Phi) is 4.01. The zero-order valence-electron chi connectivity index (χ0n) is 7.51. The molecule has 0 aromatic rings. The first-order chi connectivity index (χ1) is 5.83. The van der Waals surface area contributed by atoms with Gasteiger partial charge in [-0.15, -0.1) is 6.58 Å². The zero-order valence-corrected chi connectivity index (χ0v) is 7.51. The number of ketones is 1. The Bertz CT molecular complexity index is 155. The van der Waals surface area contributed by atoms with Gasteiger partial charge in [-0.2, -0.15) is 0 Å². The van der Waals surface area contributed by atoms with E-state index in [2.05, 4.69) is 11.9 Å². The molecule has 0 radical (unpaired) electrons. The number of Topliss-reactive ketones (excluding diaryl/α,β-unsaturated/α-hetero) is 1. The van der Waals surface area contributed by atoms with Gasteiger partial charge >= 0.3 is 0 Å². The van der Waals surface area contributed by atoms with Gasteiger partial charge in [0.2, 0.25) is 0 Å². The molecule has 0 saturated heterocycles. The van der Waals surface area contributed by atoms with Crippen LogP contribution in [0.25, 0.3) is 0 Å². The van der Waals surface area contributed by atoms with Crippen molar-refractivity contribution in [3.63, 3.8) is 0 Å². The summed E-state index contributed by atoms with van der Waals surface area (Å²) in [7, 11) is 0. The van der Waals surface area contributed by atoms with Crippen molar-refractivity contribution in [2.75, 3.05) is 13.1 Å². The Hall–Kier alpha value is -0.630. The van der Waals surface area contributed by atoms with Crippen molar-refractivity contribution in [2.45, 2.75) is 25.7 Å². The van der Waals surface area contributed by atoms with E-state index < -0.39 is 0 Å². The molecular weight excluding hydrogens is 150 g/mol. The second kappa shape index (κ2) is 5.09. The summed E-state index contributed by atoms with van der Waals surface area (Å²) in [5.74, 6) is 1.15. The summed E-state index contributed by atoms with van der Waals surface area (Å²) in [6, 6.07) is 0. The predicted octanol–water partition coefficient (Wildman–Crippen LogP) is 1.52. The molecule has 0 amide bonds. The van der Waals surface area contributed by atoms with E-state index in [0.29, 0.717) is 11.7 Å². The number of carbonyl (C=O) groups excluding carboxylic acids is 1. The van der Waals surface area contributed by atoms with Crippen LogP contribution in [-0.2, 0) is 4.79 Å². The second-order valence-corrected chi connectivity index (χ2v) is 3.43. The van der Waals surface area contributed by atoms with Gasteiger partial charge in [0, 0.05) is 19.4 Å². The lowest BCUT2D eigenvalue weighted by molar-refractivity contribution is -0.120. The quantitative estimate of drug-likeness (QED) is 0.508. The largest absolute Gasteiger partial charge is 0.313 e. The van der Waals surface area contributed by atoms with E-state index in [0.717, 1.165) is 38.8 Å². The molecule has 68 valence electrons. The molecule has 0 atom stereocenters. The molecule has 1 aliphatic rings. The maximum Gasteiger partial charge on any atom is 0.132 e. The van der Waals surface area contributed by atoms with E-state index in [1.807, 2.05) is 6.08 Å². The number of carbonyl (C=O) groups is 1. The molecule has 0 heterocycles. The summed E-state index contributed by atoms with van der Waals surface area (Å²) in [6.45, 7) is 5.56. The number of rotatable bonds is 4. The number of nitrogens with one attached hydrogen (secondary N) is 1. The molecule has 0 aromatic carbocycles. The zero-order chi connectivity index (χ0) is 8.81. The van der Waals surface area contributed by atoms with Crippen LogP contribution >= 0.6 is 0 Å². The molecule has 1 rings (SSSR count). The van der Waals surface area contributed by atoms with E-state index in [1.165, 1.54) is 0 Å². The van der Waals surface area contributed by atoms with E-state index in [-0.39, 0.29) is 0 Å². The third-order valence-electron chi connectivity index (χ3n) is 2.38. The minimum absolute atomic E-state index is 0.440. The standard InChI is InChI=1S/C10H17NO/c1-2-7-11-8-9-3-5-10(12)6-4-9/h2,9,11H,1,3-8H2. The summed E-state index contributed by atoms with van der Waals surface area (Å²) in [4.78, 5) is 10.9. The van der Waals surface area contributed by atoms with Gasteiger partial charge < -0.3 is 5.32 Å². The highest BCUT2D eigenvalue weighted by Crippen LogP contribution is 2.20. The molecule has 1 aliphatic carbocycles. The van der Waals surface area contributed by atoms with Crippen LogP contribution in [-0.4, -0.2) is 18.9 Å². The lowest BCUT2D eigenvalue weighted by Crippen LogP contribution is -2.26. The highest BCUT2D eigenvalue weighted by Gasteiger charge is 2.17. The Morgan fingerprint density at radius 3 is 2.75 bits per heavy atom. The summed E-state index contributed by atoms with van der Waals surface area (Å²) in [5.41, 5.74) is 0. The van der Waals surface area contributed by atoms with Gasteiger partial charge in [-0.05, 0) is 25.3 Å². The van der Waals surface area contributed by atoms with Crippen LogP contribution in [0.15, 0.2) is 12.7 Å². The number of hydrogen-bond acceptors (Lipinski definition) is 2. The van der Waals surface area contributed by atoms with Crippen molar-refractivity contribution in [3.8, 4) is 0 Å². The SMILES string of the molecule is C=CCNCC1CCC(=O)CC1. The first kappa shape index (κ1) is 9.46. The molecule has 1 saturated carbocycles. The highest BCUT2D eigenvalue weighted by atomic mass is 16.1. The molecule has 2 nitrogen and oxygen atoms in total. The van der Waals surface area contributed by atoms with Gasteiger partial charge in [-0.25, -0.2) is 0 Å². The van der Waals surface area contributed by atoms with E-state index in [1.54, 1.807) is 0 Å². The van der Waals surface area contributed by atoms with Gasteiger partial charge in [0.1, 0.15) is 5.78 Å². The average Bonchev–Trinajstić information content (AvgIpc) is 2.09. The van der Waals surface area contributed by atoms with Crippen LogP contribution in [0.1, 0.15) is 25.7 Å². The Balaban J connectivity index is 2.09. The van der Waals surface area contributed by atoms with Gasteiger partial charge in [0.15, 0.2) is 0 Å². The fourth-order valence-electron chi connectivity index (χ4n) is 1.59. The van der Waals surface area contributed by atoms with Crippen molar-refractivity contribution in [1.82, 2.24) is 5.32 Å². The van der Waals surface area contributed by atoms with Crippen LogP contribution in [0.4, 0.5) is 0 Å². The average molecular weight is 167 g/mol. The fourth-order valence-corrected chi connectivity index (χ4v) is 1.59. The molecule has 0 spiro atoms. The summed E-state index contributed by atoms with van der Waals surface area (Å²) < 4.78 is 0. The summed E-state index contributed by atoms with van der Waals surface area (Å²) in [6.07, 6.45) is 5.60. The monoisotopic (exact) mass is 167 g/mol. The third kappa shape index (κ3) is 3.18. The van der Waals surface area contributed by atoms with E-state index in [4.69, 9.17) is 0 Å². The van der Waals surface area contributed by atoms with Gasteiger partial charge in [-0.1, -0.05) is 6.08 Å². The van der Waals surface area contributed by atoms with Crippen LogP contribution in [0, 0.1) is 5.92 Å².